The largest absolute Gasteiger partial charge is 0.451 e. The van der Waals surface area contributed by atoms with Gasteiger partial charge in [-0.15, -0.1) is 0 Å². The van der Waals surface area contributed by atoms with Crippen LogP contribution in [0.15, 0.2) is 36.4 Å². The van der Waals surface area contributed by atoms with Gasteiger partial charge in [0.1, 0.15) is 6.04 Å². The Morgan fingerprint density at radius 2 is 1.67 bits per heavy atom. The summed E-state index contributed by atoms with van der Waals surface area (Å²) in [7, 11) is 0. The van der Waals surface area contributed by atoms with E-state index in [1.54, 1.807) is 11.8 Å². The van der Waals surface area contributed by atoms with E-state index >= 15 is 0 Å². The van der Waals surface area contributed by atoms with Crippen LogP contribution in [-0.2, 0) is 30.3 Å². The molecule has 3 amide bonds. The maximum atomic E-state index is 13.3. The van der Waals surface area contributed by atoms with Gasteiger partial charge in [-0.25, -0.2) is 4.79 Å². The van der Waals surface area contributed by atoms with Crippen molar-refractivity contribution in [1.29, 1.82) is 0 Å². The number of carbonyl (C=O) groups is 4. The Hall–Kier alpha value is -2.96. The Morgan fingerprint density at radius 3 is 2.30 bits per heavy atom. The number of esters is 1. The molecule has 0 bridgehead atoms. The number of rotatable bonds is 6. The second-order valence-corrected chi connectivity index (χ2v) is 9.65. The lowest BCUT2D eigenvalue weighted by atomic mass is 9.85. The fourth-order valence-corrected chi connectivity index (χ4v) is 5.17. The molecule has 7 nitrogen and oxygen atoms in total. The van der Waals surface area contributed by atoms with Gasteiger partial charge in [-0.3, -0.25) is 19.3 Å². The van der Waals surface area contributed by atoms with Gasteiger partial charge in [0.2, 0.25) is 11.8 Å². The predicted molar refractivity (Wildman–Crippen MR) is 123 cm³/mol. The van der Waals surface area contributed by atoms with Crippen molar-refractivity contribution in [3.8, 4) is 0 Å². The van der Waals surface area contributed by atoms with Crippen LogP contribution in [0.2, 0.25) is 0 Å². The standard InChI is InChI=1S/C26H32N2O5/c1-16(2)15-22(28-24(30)19-11-5-6-12-20(19)25(28)31)26(32)33-17(3)23(29)27-14-8-10-18-9-4-7-13-21(18)27/h4-7,9,13,16-17,19-20,22H,8,10-12,14-15H2,1-3H3/t17-,19-,20-,22-/m1/s1. The van der Waals surface area contributed by atoms with Crippen LogP contribution in [0, 0.1) is 17.8 Å². The second-order valence-electron chi connectivity index (χ2n) is 9.65. The van der Waals surface area contributed by atoms with E-state index in [0.717, 1.165) is 29.0 Å². The number of benzene rings is 1. The van der Waals surface area contributed by atoms with Crippen molar-refractivity contribution in [2.24, 2.45) is 17.8 Å². The molecule has 4 atom stereocenters. The fraction of sp³-hybridized carbons (Fsp3) is 0.538. The first-order valence-corrected chi connectivity index (χ1v) is 11.9. The highest BCUT2D eigenvalue weighted by molar-refractivity contribution is 6.08. The maximum absolute atomic E-state index is 13.3. The van der Waals surface area contributed by atoms with Gasteiger partial charge in [0.05, 0.1) is 11.8 Å². The molecule has 176 valence electrons. The number of aryl methyl sites for hydroxylation is 1. The van der Waals surface area contributed by atoms with E-state index in [4.69, 9.17) is 4.74 Å². The third kappa shape index (κ3) is 4.45. The summed E-state index contributed by atoms with van der Waals surface area (Å²) in [5, 5.41) is 0. The number of fused-ring (bicyclic) bond motifs is 2. The molecule has 1 aliphatic carbocycles. The van der Waals surface area contributed by atoms with Crippen LogP contribution >= 0.6 is 0 Å². The van der Waals surface area contributed by atoms with E-state index in [1.165, 1.54) is 0 Å². The summed E-state index contributed by atoms with van der Waals surface area (Å²) in [5.41, 5.74) is 1.94. The van der Waals surface area contributed by atoms with Crippen molar-refractivity contribution in [1.82, 2.24) is 4.90 Å². The van der Waals surface area contributed by atoms with Gasteiger partial charge in [-0.2, -0.15) is 0 Å². The molecule has 1 aromatic rings. The van der Waals surface area contributed by atoms with Crippen LogP contribution in [0.3, 0.4) is 0 Å². The van der Waals surface area contributed by atoms with E-state index in [1.807, 2.05) is 50.3 Å². The summed E-state index contributed by atoms with van der Waals surface area (Å²) in [4.78, 5) is 55.4. The number of amides is 3. The molecular weight excluding hydrogens is 420 g/mol. The smallest absolute Gasteiger partial charge is 0.330 e. The molecular formula is C26H32N2O5. The van der Waals surface area contributed by atoms with Gasteiger partial charge in [0.25, 0.3) is 5.91 Å². The van der Waals surface area contributed by atoms with Crippen LogP contribution in [0.4, 0.5) is 5.69 Å². The minimum Gasteiger partial charge on any atom is -0.451 e. The van der Waals surface area contributed by atoms with Crippen molar-refractivity contribution in [3.05, 3.63) is 42.0 Å². The molecule has 3 aliphatic rings. The van der Waals surface area contributed by atoms with Gasteiger partial charge in [0.15, 0.2) is 6.10 Å². The zero-order valence-corrected chi connectivity index (χ0v) is 19.5. The van der Waals surface area contributed by atoms with Crippen LogP contribution in [0.25, 0.3) is 0 Å². The molecule has 0 unspecified atom stereocenters. The second kappa shape index (κ2) is 9.49. The van der Waals surface area contributed by atoms with Crippen molar-refractivity contribution in [3.63, 3.8) is 0 Å². The molecule has 0 aromatic heterocycles. The molecule has 0 N–H and O–H groups in total. The zero-order chi connectivity index (χ0) is 23.7. The summed E-state index contributed by atoms with van der Waals surface area (Å²) in [6.45, 7) is 5.98. The molecule has 2 heterocycles. The average molecular weight is 453 g/mol. The normalized spacial score (nSPS) is 23.9. The minimum atomic E-state index is -1.02. The number of ether oxygens (including phenoxy) is 1. The summed E-state index contributed by atoms with van der Waals surface area (Å²) in [5.74, 6) is -2.35. The van der Waals surface area contributed by atoms with Crippen LogP contribution in [0.5, 0.6) is 0 Å². The van der Waals surface area contributed by atoms with E-state index in [-0.39, 0.29) is 23.6 Å². The zero-order valence-electron chi connectivity index (χ0n) is 19.5. The summed E-state index contributed by atoms with van der Waals surface area (Å²) in [6, 6.07) is 6.73. The topological polar surface area (TPSA) is 84.0 Å². The number of hydrogen-bond donors (Lipinski definition) is 0. The molecule has 1 fully saturated rings. The van der Waals surface area contributed by atoms with E-state index in [0.29, 0.717) is 25.8 Å². The average Bonchev–Trinajstić information content (AvgIpc) is 3.06. The Morgan fingerprint density at radius 1 is 1.03 bits per heavy atom. The first-order valence-electron chi connectivity index (χ1n) is 11.9. The number of anilines is 1. The van der Waals surface area contributed by atoms with Gasteiger partial charge in [-0.1, -0.05) is 44.2 Å². The van der Waals surface area contributed by atoms with Crippen molar-refractivity contribution < 1.29 is 23.9 Å². The van der Waals surface area contributed by atoms with Gasteiger partial charge in [-0.05, 0) is 56.6 Å². The Labute approximate surface area is 194 Å². The maximum Gasteiger partial charge on any atom is 0.330 e. The molecule has 0 radical (unpaired) electrons. The van der Waals surface area contributed by atoms with Crippen molar-refractivity contribution in [2.75, 3.05) is 11.4 Å². The third-order valence-corrected chi connectivity index (χ3v) is 6.84. The molecule has 4 rings (SSSR count). The Bertz CT molecular complexity index is 959. The summed E-state index contributed by atoms with van der Waals surface area (Å²) in [6.07, 6.45) is 5.89. The van der Waals surface area contributed by atoms with Crippen LogP contribution in [-0.4, -0.2) is 47.3 Å². The highest BCUT2D eigenvalue weighted by atomic mass is 16.5. The molecule has 33 heavy (non-hydrogen) atoms. The molecule has 1 aromatic carbocycles. The number of likely N-dealkylation sites (tertiary alicyclic amines) is 1. The number of hydrogen-bond acceptors (Lipinski definition) is 5. The molecule has 1 saturated heterocycles. The Kier molecular flexibility index (Phi) is 6.68. The highest BCUT2D eigenvalue weighted by Crippen LogP contribution is 2.37. The number of para-hydroxylation sites is 1. The minimum absolute atomic E-state index is 0.0592. The monoisotopic (exact) mass is 452 g/mol. The highest BCUT2D eigenvalue weighted by Gasteiger charge is 2.51. The van der Waals surface area contributed by atoms with E-state index in [9.17, 15) is 19.2 Å². The molecule has 7 heteroatoms. The van der Waals surface area contributed by atoms with E-state index in [2.05, 4.69) is 0 Å². The number of allylic oxidation sites excluding steroid dienone is 2. The van der Waals surface area contributed by atoms with E-state index < -0.39 is 30.0 Å². The SMILES string of the molecule is CC(C)C[C@H](C(=O)O[C@H](C)C(=O)N1CCCc2ccccc21)N1C(=O)[C@@H]2CC=CC[C@H]2C1=O. The molecule has 0 spiro atoms. The number of nitrogens with zero attached hydrogens (tertiary/aromatic N) is 2. The van der Waals surface area contributed by atoms with Gasteiger partial charge < -0.3 is 9.64 Å². The lowest BCUT2D eigenvalue weighted by Crippen LogP contribution is -2.49. The van der Waals surface area contributed by atoms with Crippen molar-refractivity contribution in [2.45, 2.75) is 65.0 Å². The molecule has 0 saturated carbocycles. The Balaban J connectivity index is 1.50. The van der Waals surface area contributed by atoms with Gasteiger partial charge in [0, 0.05) is 12.2 Å². The fourth-order valence-electron chi connectivity index (χ4n) is 5.17. The van der Waals surface area contributed by atoms with Gasteiger partial charge >= 0.3 is 5.97 Å². The first-order chi connectivity index (χ1) is 15.8. The number of carbonyl (C=O) groups excluding carboxylic acids is 4. The lowest BCUT2D eigenvalue weighted by molar-refractivity contribution is -0.165. The lowest BCUT2D eigenvalue weighted by Gasteiger charge is -2.32. The van der Waals surface area contributed by atoms with Crippen LogP contribution in [0.1, 0.15) is 52.0 Å². The molecule has 2 aliphatic heterocycles. The van der Waals surface area contributed by atoms with Crippen molar-refractivity contribution >= 4 is 29.4 Å². The third-order valence-electron chi connectivity index (χ3n) is 6.84. The summed E-state index contributed by atoms with van der Waals surface area (Å²) < 4.78 is 5.61. The first kappa shape index (κ1) is 23.2. The van der Waals surface area contributed by atoms with Crippen LogP contribution < -0.4 is 4.90 Å². The predicted octanol–water partition coefficient (Wildman–Crippen LogP) is 3.26. The summed E-state index contributed by atoms with van der Waals surface area (Å²) >= 11 is 0. The quantitative estimate of drug-likeness (QED) is 0.376. The number of imide groups is 1.